The molecular weight excluding hydrogens is 312 g/mol. The number of aromatic amines is 1. The van der Waals surface area contributed by atoms with E-state index in [9.17, 15) is 4.79 Å². The number of thioether (sulfide) groups is 1. The number of benzene rings is 1. The van der Waals surface area contributed by atoms with Crippen LogP contribution < -0.4 is 5.56 Å². The van der Waals surface area contributed by atoms with Gasteiger partial charge in [0.1, 0.15) is 4.83 Å². The fraction of sp³-hybridized carbons (Fsp3) is 0.143. The maximum absolute atomic E-state index is 12.0. The number of aryl methyl sites for hydroxylation is 1. The highest BCUT2D eigenvalue weighted by atomic mass is 35.5. The van der Waals surface area contributed by atoms with Crippen molar-refractivity contribution in [1.82, 2.24) is 9.97 Å². The van der Waals surface area contributed by atoms with Crippen molar-refractivity contribution < 1.29 is 0 Å². The zero-order chi connectivity index (χ0) is 14.1. The van der Waals surface area contributed by atoms with Crippen LogP contribution >= 0.6 is 34.7 Å². The van der Waals surface area contributed by atoms with Crippen LogP contribution in [0.4, 0.5) is 0 Å². The molecule has 2 heterocycles. The molecule has 1 N–H and O–H groups in total. The van der Waals surface area contributed by atoms with Gasteiger partial charge in [0.15, 0.2) is 5.16 Å². The predicted molar refractivity (Wildman–Crippen MR) is 86.0 cm³/mol. The molecular formula is C14H11ClN2OS2. The van der Waals surface area contributed by atoms with Gasteiger partial charge >= 0.3 is 0 Å². The van der Waals surface area contributed by atoms with Crippen LogP contribution in [-0.2, 0) is 5.75 Å². The third-order valence-electron chi connectivity index (χ3n) is 2.87. The van der Waals surface area contributed by atoms with Crippen LogP contribution in [0, 0.1) is 6.92 Å². The van der Waals surface area contributed by atoms with Crippen molar-refractivity contribution in [3.63, 3.8) is 0 Å². The third-order valence-corrected chi connectivity index (χ3v) is 5.04. The molecule has 0 aliphatic heterocycles. The molecule has 0 spiro atoms. The number of fused-ring (bicyclic) bond motifs is 1. The van der Waals surface area contributed by atoms with Gasteiger partial charge in [-0.3, -0.25) is 4.79 Å². The lowest BCUT2D eigenvalue weighted by Gasteiger charge is -2.02. The molecule has 3 rings (SSSR count). The van der Waals surface area contributed by atoms with E-state index in [1.165, 1.54) is 23.1 Å². The number of hydrogen-bond donors (Lipinski definition) is 1. The molecule has 0 fully saturated rings. The Morgan fingerprint density at radius 1 is 1.45 bits per heavy atom. The van der Waals surface area contributed by atoms with Gasteiger partial charge in [-0.15, -0.1) is 11.3 Å². The summed E-state index contributed by atoms with van der Waals surface area (Å²) in [4.78, 5) is 20.1. The van der Waals surface area contributed by atoms with Crippen molar-refractivity contribution in [2.75, 3.05) is 0 Å². The Bertz CT molecular complexity index is 825. The summed E-state index contributed by atoms with van der Waals surface area (Å²) in [6.07, 6.45) is 0. The highest BCUT2D eigenvalue weighted by Crippen LogP contribution is 2.25. The maximum Gasteiger partial charge on any atom is 0.260 e. The first-order chi connectivity index (χ1) is 9.63. The van der Waals surface area contributed by atoms with Gasteiger partial charge in [0.05, 0.1) is 5.39 Å². The van der Waals surface area contributed by atoms with E-state index >= 15 is 0 Å². The minimum Gasteiger partial charge on any atom is -0.301 e. The minimum absolute atomic E-state index is 0.0673. The first-order valence-corrected chi connectivity index (χ1v) is 8.23. The number of nitrogens with one attached hydrogen (secondary N) is 1. The first kappa shape index (κ1) is 13.7. The summed E-state index contributed by atoms with van der Waals surface area (Å²) in [6, 6.07) is 7.68. The highest BCUT2D eigenvalue weighted by Gasteiger charge is 2.09. The Morgan fingerprint density at radius 2 is 2.30 bits per heavy atom. The van der Waals surface area contributed by atoms with Crippen LogP contribution in [0.2, 0.25) is 5.02 Å². The van der Waals surface area contributed by atoms with E-state index in [1.807, 2.05) is 36.6 Å². The Hall–Kier alpha value is -1.30. The number of hydrogen-bond acceptors (Lipinski definition) is 4. The standard InChI is InChI=1S/C14H11ClN2OS2/c1-8-6-19-13-11(8)12(18)16-14(17-13)20-7-9-3-2-4-10(15)5-9/h2-6H,7H2,1H3,(H,16,17,18). The predicted octanol–water partition coefficient (Wildman–Crippen LogP) is 4.24. The summed E-state index contributed by atoms with van der Waals surface area (Å²) in [5, 5.41) is 4.01. The lowest BCUT2D eigenvalue weighted by molar-refractivity contribution is 0.978. The molecule has 20 heavy (non-hydrogen) atoms. The third kappa shape index (κ3) is 2.75. The van der Waals surface area contributed by atoms with Crippen molar-refractivity contribution in [2.24, 2.45) is 0 Å². The zero-order valence-corrected chi connectivity index (χ0v) is 13.0. The van der Waals surface area contributed by atoms with Gasteiger partial charge in [0.25, 0.3) is 5.56 Å². The largest absolute Gasteiger partial charge is 0.301 e. The number of rotatable bonds is 3. The highest BCUT2D eigenvalue weighted by molar-refractivity contribution is 7.98. The van der Waals surface area contributed by atoms with E-state index in [0.717, 1.165) is 21.7 Å². The SMILES string of the molecule is Cc1csc2nc(SCc3cccc(Cl)c3)[nH]c(=O)c12. The van der Waals surface area contributed by atoms with E-state index in [0.29, 0.717) is 15.6 Å². The Kier molecular flexibility index (Phi) is 3.83. The molecule has 0 unspecified atom stereocenters. The van der Waals surface area contributed by atoms with Crippen LogP contribution in [0.25, 0.3) is 10.2 Å². The smallest absolute Gasteiger partial charge is 0.260 e. The summed E-state index contributed by atoms with van der Waals surface area (Å²) in [5.74, 6) is 0.722. The first-order valence-electron chi connectivity index (χ1n) is 5.99. The van der Waals surface area contributed by atoms with E-state index in [2.05, 4.69) is 9.97 Å². The van der Waals surface area contributed by atoms with Gasteiger partial charge in [-0.05, 0) is 35.6 Å². The molecule has 6 heteroatoms. The van der Waals surface area contributed by atoms with Gasteiger partial charge in [0, 0.05) is 10.8 Å². The molecule has 0 aliphatic carbocycles. The molecule has 1 aromatic carbocycles. The molecule has 0 atom stereocenters. The minimum atomic E-state index is -0.0673. The Labute approximate surface area is 129 Å². The van der Waals surface area contributed by atoms with Crippen LogP contribution in [-0.4, -0.2) is 9.97 Å². The number of halogens is 1. The van der Waals surface area contributed by atoms with E-state index in [-0.39, 0.29) is 5.56 Å². The molecule has 0 bridgehead atoms. The second kappa shape index (κ2) is 5.60. The van der Waals surface area contributed by atoms with Crippen LogP contribution in [0.3, 0.4) is 0 Å². The fourth-order valence-corrected chi connectivity index (χ4v) is 3.91. The number of nitrogens with zero attached hydrogens (tertiary/aromatic N) is 1. The molecule has 0 saturated heterocycles. The molecule has 3 nitrogen and oxygen atoms in total. The molecule has 0 saturated carbocycles. The number of H-pyrrole nitrogens is 1. The maximum atomic E-state index is 12.0. The molecule has 0 aliphatic rings. The van der Waals surface area contributed by atoms with Crippen molar-refractivity contribution in [3.05, 3.63) is 56.1 Å². The van der Waals surface area contributed by atoms with Crippen LogP contribution in [0.5, 0.6) is 0 Å². The molecule has 102 valence electrons. The zero-order valence-electron chi connectivity index (χ0n) is 10.6. The lowest BCUT2D eigenvalue weighted by Crippen LogP contribution is -2.08. The van der Waals surface area contributed by atoms with Crippen molar-refractivity contribution in [1.29, 1.82) is 0 Å². The lowest BCUT2D eigenvalue weighted by atomic mass is 10.2. The molecule has 3 aromatic rings. The van der Waals surface area contributed by atoms with Gasteiger partial charge in [-0.1, -0.05) is 35.5 Å². The fourth-order valence-electron chi connectivity index (χ4n) is 1.92. The van der Waals surface area contributed by atoms with Gasteiger partial charge in [-0.25, -0.2) is 4.98 Å². The van der Waals surface area contributed by atoms with Gasteiger partial charge in [0.2, 0.25) is 0 Å². The summed E-state index contributed by atoms with van der Waals surface area (Å²) in [5.41, 5.74) is 2.01. The van der Waals surface area contributed by atoms with Crippen molar-refractivity contribution in [2.45, 2.75) is 17.8 Å². The summed E-state index contributed by atoms with van der Waals surface area (Å²) in [7, 11) is 0. The van der Waals surface area contributed by atoms with E-state index in [1.54, 1.807) is 0 Å². The van der Waals surface area contributed by atoms with Crippen LogP contribution in [0.15, 0.2) is 39.6 Å². The second-order valence-electron chi connectivity index (χ2n) is 4.39. The normalized spacial score (nSPS) is 11.1. The average Bonchev–Trinajstić information content (AvgIpc) is 2.79. The average molecular weight is 323 g/mol. The quantitative estimate of drug-likeness (QED) is 0.579. The van der Waals surface area contributed by atoms with Crippen molar-refractivity contribution in [3.8, 4) is 0 Å². The van der Waals surface area contributed by atoms with E-state index in [4.69, 9.17) is 11.6 Å². The molecule has 2 aromatic heterocycles. The topological polar surface area (TPSA) is 45.8 Å². The summed E-state index contributed by atoms with van der Waals surface area (Å²) < 4.78 is 0. The van der Waals surface area contributed by atoms with Gasteiger partial charge < -0.3 is 4.98 Å². The Balaban J connectivity index is 1.86. The monoisotopic (exact) mass is 322 g/mol. The summed E-state index contributed by atoms with van der Waals surface area (Å²) in [6.45, 7) is 1.93. The Morgan fingerprint density at radius 3 is 3.10 bits per heavy atom. The number of thiophene rings is 1. The van der Waals surface area contributed by atoms with E-state index < -0.39 is 0 Å². The van der Waals surface area contributed by atoms with Gasteiger partial charge in [-0.2, -0.15) is 0 Å². The van der Waals surface area contributed by atoms with Crippen molar-refractivity contribution >= 4 is 44.9 Å². The van der Waals surface area contributed by atoms with Crippen LogP contribution in [0.1, 0.15) is 11.1 Å². The molecule has 0 amide bonds. The molecule has 0 radical (unpaired) electrons. The second-order valence-corrected chi connectivity index (χ2v) is 6.65. The number of aromatic nitrogens is 2. The summed E-state index contributed by atoms with van der Waals surface area (Å²) >= 11 is 8.95.